The molecular weight excluding hydrogens is 525 g/mol. The van der Waals surface area contributed by atoms with Gasteiger partial charge in [-0.2, -0.15) is 5.01 Å². The lowest BCUT2D eigenvalue weighted by molar-refractivity contribution is -0.199. The van der Waals surface area contributed by atoms with Crippen molar-refractivity contribution in [3.05, 3.63) is 11.6 Å². The number of ether oxygens (including phenoxy) is 1. The van der Waals surface area contributed by atoms with Crippen LogP contribution in [0.3, 0.4) is 0 Å². The van der Waals surface area contributed by atoms with Gasteiger partial charge in [0, 0.05) is 35.7 Å². The number of amides is 3. The fourth-order valence-electron chi connectivity index (χ4n) is 5.00. The van der Waals surface area contributed by atoms with Gasteiger partial charge in [-0.15, -0.1) is 5.01 Å². The molecule has 0 spiro atoms. The molecule has 3 amide bonds. The van der Waals surface area contributed by atoms with Crippen LogP contribution >= 0.6 is 11.6 Å². The first-order valence-corrected chi connectivity index (χ1v) is 12.8. The molecule has 2 aliphatic rings. The summed E-state index contributed by atoms with van der Waals surface area (Å²) in [6, 6.07) is -0.259. The van der Waals surface area contributed by atoms with E-state index in [-0.39, 0.29) is 16.9 Å². The van der Waals surface area contributed by atoms with Crippen molar-refractivity contribution in [2.45, 2.75) is 104 Å². The van der Waals surface area contributed by atoms with E-state index >= 15 is 4.39 Å². The first kappa shape index (κ1) is 31.7. The van der Waals surface area contributed by atoms with Gasteiger partial charge in [0.05, 0.1) is 0 Å². The van der Waals surface area contributed by atoms with Crippen LogP contribution in [0.5, 0.6) is 0 Å². The molecule has 0 aromatic rings. The fourth-order valence-corrected chi connectivity index (χ4v) is 5.68. The quantitative estimate of drug-likeness (QED) is 0.211. The molecule has 2 heterocycles. The minimum Gasteiger partial charge on any atom is -0.464 e. The van der Waals surface area contributed by atoms with Crippen LogP contribution in [0.2, 0.25) is 0 Å². The molecule has 2 unspecified atom stereocenters. The Balaban J connectivity index is 3.07. The van der Waals surface area contributed by atoms with Crippen LogP contribution in [-0.4, -0.2) is 95.0 Å². The summed E-state index contributed by atoms with van der Waals surface area (Å²) in [5, 5.41) is 30.5. The van der Waals surface area contributed by atoms with Crippen LogP contribution in [-0.2, 0) is 4.74 Å². The molecule has 38 heavy (non-hydrogen) atoms. The van der Waals surface area contributed by atoms with Crippen molar-refractivity contribution in [1.82, 2.24) is 25.1 Å². The average Bonchev–Trinajstić information content (AvgIpc) is 2.71. The van der Waals surface area contributed by atoms with Gasteiger partial charge < -0.3 is 30.3 Å². The Kier molecular flexibility index (Phi) is 8.82. The zero-order chi connectivity index (χ0) is 29.6. The van der Waals surface area contributed by atoms with E-state index in [1.54, 1.807) is 46.4 Å². The Morgan fingerprint density at radius 1 is 0.947 bits per heavy atom. The molecule has 2 atom stereocenters. The summed E-state index contributed by atoms with van der Waals surface area (Å²) >= 11 is 7.59. The van der Waals surface area contributed by atoms with Crippen LogP contribution in [0, 0.1) is 5.41 Å². The van der Waals surface area contributed by atoms with E-state index in [0.717, 1.165) is 0 Å². The number of hydrogen-bond donors (Lipinski definition) is 4. The van der Waals surface area contributed by atoms with Gasteiger partial charge in [-0.25, -0.2) is 23.7 Å². The zero-order valence-electron chi connectivity index (χ0n) is 23.5. The molecular formula is C24H41ClFN5O7. The Morgan fingerprint density at radius 3 is 1.76 bits per heavy atom. The SMILES string of the molecule is CC(C)(C)N1C(NC2CCOCC2)=C(F)C(N(C(=O)O)N(C(=O)O)C(=O)O)N(C(C)(C)C)C1(Cl)C(C)(C)C. The first-order valence-electron chi connectivity index (χ1n) is 12.4. The van der Waals surface area contributed by atoms with Crippen molar-refractivity contribution in [3.8, 4) is 0 Å². The summed E-state index contributed by atoms with van der Waals surface area (Å²) < 4.78 is 22.4. The number of alkyl halides is 1. The van der Waals surface area contributed by atoms with Crippen molar-refractivity contribution in [1.29, 1.82) is 0 Å². The highest BCUT2D eigenvalue weighted by Crippen LogP contribution is 2.55. The van der Waals surface area contributed by atoms with E-state index in [1.165, 1.54) is 4.90 Å². The predicted molar refractivity (Wildman–Crippen MR) is 138 cm³/mol. The molecule has 1 saturated heterocycles. The van der Waals surface area contributed by atoms with Gasteiger partial charge in [0.2, 0.25) is 0 Å². The summed E-state index contributed by atoms with van der Waals surface area (Å²) in [4.78, 5) is 39.5. The van der Waals surface area contributed by atoms with Crippen LogP contribution < -0.4 is 5.32 Å². The summed E-state index contributed by atoms with van der Waals surface area (Å²) in [5.74, 6) is -1.22. The second-order valence-corrected chi connectivity index (χ2v) is 13.0. The molecule has 218 valence electrons. The maximum Gasteiger partial charge on any atom is 0.436 e. The maximum absolute atomic E-state index is 17.0. The summed E-state index contributed by atoms with van der Waals surface area (Å²) in [7, 11) is 0. The van der Waals surface area contributed by atoms with E-state index in [1.807, 2.05) is 20.8 Å². The Bertz CT molecular complexity index is 955. The molecule has 0 aliphatic carbocycles. The number of nitrogens with one attached hydrogen (secondary N) is 1. The lowest BCUT2D eigenvalue weighted by Crippen LogP contribution is -2.80. The van der Waals surface area contributed by atoms with E-state index in [0.29, 0.717) is 26.1 Å². The maximum atomic E-state index is 17.0. The number of rotatable bonds is 3. The number of nitrogens with zero attached hydrogens (tertiary/aromatic N) is 4. The van der Waals surface area contributed by atoms with Crippen LogP contribution in [0.25, 0.3) is 0 Å². The smallest absolute Gasteiger partial charge is 0.436 e. The zero-order valence-corrected chi connectivity index (χ0v) is 24.3. The van der Waals surface area contributed by atoms with Crippen molar-refractivity contribution >= 4 is 29.9 Å². The number of carboxylic acid groups (broad SMARTS) is 3. The Morgan fingerprint density at radius 2 is 1.42 bits per heavy atom. The fraction of sp³-hybridized carbons (Fsp3) is 0.792. The molecule has 0 saturated carbocycles. The van der Waals surface area contributed by atoms with Crippen LogP contribution in [0.1, 0.15) is 75.2 Å². The van der Waals surface area contributed by atoms with Gasteiger partial charge >= 0.3 is 18.3 Å². The molecule has 0 radical (unpaired) electrons. The van der Waals surface area contributed by atoms with Gasteiger partial charge in [0.15, 0.2) is 17.1 Å². The normalized spacial score (nSPS) is 24.3. The highest BCUT2D eigenvalue weighted by Gasteiger charge is 2.65. The molecule has 4 N–H and O–H groups in total. The van der Waals surface area contributed by atoms with E-state index in [9.17, 15) is 29.7 Å². The number of hydrogen-bond acceptors (Lipinski definition) is 7. The number of carbonyl (C=O) groups is 3. The second-order valence-electron chi connectivity index (χ2n) is 12.5. The monoisotopic (exact) mass is 565 g/mol. The van der Waals surface area contributed by atoms with E-state index < -0.39 is 56.9 Å². The molecule has 12 nitrogen and oxygen atoms in total. The highest BCUT2D eigenvalue weighted by molar-refractivity contribution is 6.24. The number of hydrazine groups is 1. The van der Waals surface area contributed by atoms with Crippen LogP contribution in [0.4, 0.5) is 18.8 Å². The summed E-state index contributed by atoms with van der Waals surface area (Å²) in [6.45, 7) is 16.7. The lowest BCUT2D eigenvalue weighted by atomic mass is 9.82. The summed E-state index contributed by atoms with van der Waals surface area (Å²) in [6.07, 6.45) is -7.22. The van der Waals surface area contributed by atoms with Gasteiger partial charge in [-0.05, 0) is 54.4 Å². The minimum atomic E-state index is -2.12. The van der Waals surface area contributed by atoms with Gasteiger partial charge in [-0.1, -0.05) is 32.4 Å². The van der Waals surface area contributed by atoms with Crippen molar-refractivity contribution in [3.63, 3.8) is 0 Å². The third-order valence-corrected chi connectivity index (χ3v) is 7.37. The molecule has 2 aliphatic heterocycles. The van der Waals surface area contributed by atoms with Crippen molar-refractivity contribution in [2.24, 2.45) is 5.41 Å². The molecule has 2 rings (SSSR count). The molecule has 0 aromatic carbocycles. The topological polar surface area (TPSA) is 146 Å². The largest absolute Gasteiger partial charge is 0.464 e. The van der Waals surface area contributed by atoms with Gasteiger partial charge in [0.25, 0.3) is 0 Å². The Hall–Kier alpha value is -2.51. The van der Waals surface area contributed by atoms with Gasteiger partial charge in [0.1, 0.15) is 5.82 Å². The third-order valence-electron chi connectivity index (χ3n) is 6.45. The minimum absolute atomic E-state index is 0.0419. The highest BCUT2D eigenvalue weighted by atomic mass is 35.5. The third kappa shape index (κ3) is 5.74. The standard InChI is InChI=1S/C24H41ClFN5O7/c1-21(2,3)24(25)30(22(4,5)6)16(27-14-10-12-38-13-11-14)15(26)17(31(24)23(7,8)9)28(18(32)33)29(19(34)35)20(36)37/h14,17,27H,10-13H2,1-9H3,(H,32,33)(H,34,35)(H,36,37). The number of halogens is 2. The van der Waals surface area contributed by atoms with Gasteiger partial charge in [-0.3, -0.25) is 0 Å². The lowest BCUT2D eigenvalue weighted by Gasteiger charge is -2.66. The average molecular weight is 566 g/mol. The molecule has 14 heteroatoms. The van der Waals surface area contributed by atoms with Crippen molar-refractivity contribution in [2.75, 3.05) is 13.2 Å². The second kappa shape index (κ2) is 10.6. The summed E-state index contributed by atoms with van der Waals surface area (Å²) in [5.41, 5.74) is -2.89. The molecule has 0 bridgehead atoms. The Labute approximate surface area is 227 Å². The van der Waals surface area contributed by atoms with E-state index in [4.69, 9.17) is 16.3 Å². The first-order chi connectivity index (χ1) is 17.1. The predicted octanol–water partition coefficient (Wildman–Crippen LogP) is 4.93. The van der Waals surface area contributed by atoms with Crippen LogP contribution in [0.15, 0.2) is 11.6 Å². The van der Waals surface area contributed by atoms with Crippen molar-refractivity contribution < 1.29 is 38.8 Å². The van der Waals surface area contributed by atoms with E-state index in [2.05, 4.69) is 5.32 Å². The number of imide groups is 1. The molecule has 1 fully saturated rings. The molecule has 0 aromatic heterocycles.